The molecule has 0 saturated carbocycles. The number of fused-ring (bicyclic) bond motifs is 1. The molecule has 3 heterocycles. The number of carbonyl (C=O) groups excluding carboxylic acids is 1. The Morgan fingerprint density at radius 2 is 1.77 bits per heavy atom. The summed E-state index contributed by atoms with van der Waals surface area (Å²) >= 11 is 0. The lowest BCUT2D eigenvalue weighted by Crippen LogP contribution is -2.22. The standard InChI is InChI=1S/C20H16N4O2/c1-21-20(25)26-19-7-6-15(12-23-19)13-2-4-14(5-3-13)18-10-16-11-22-9-8-17(16)24-18/h2-12,24H,1H3,(H,21,25). The summed E-state index contributed by atoms with van der Waals surface area (Å²) in [6.45, 7) is 0. The van der Waals surface area contributed by atoms with Crippen LogP contribution in [0.2, 0.25) is 0 Å². The quantitative estimate of drug-likeness (QED) is 0.588. The minimum atomic E-state index is -0.539. The summed E-state index contributed by atoms with van der Waals surface area (Å²) in [7, 11) is 1.50. The van der Waals surface area contributed by atoms with Crippen molar-refractivity contribution in [3.05, 3.63) is 67.1 Å². The summed E-state index contributed by atoms with van der Waals surface area (Å²) in [5.41, 5.74) is 5.19. The lowest BCUT2D eigenvalue weighted by atomic mass is 10.0. The maximum Gasteiger partial charge on any atom is 0.413 e. The molecule has 4 rings (SSSR count). The molecule has 0 radical (unpaired) electrons. The summed E-state index contributed by atoms with van der Waals surface area (Å²) in [5.74, 6) is 0.261. The topological polar surface area (TPSA) is 79.9 Å². The van der Waals surface area contributed by atoms with Gasteiger partial charge in [0.25, 0.3) is 0 Å². The molecule has 3 aromatic heterocycles. The second-order valence-electron chi connectivity index (χ2n) is 5.75. The Kier molecular flexibility index (Phi) is 4.07. The molecule has 0 fully saturated rings. The molecule has 6 nitrogen and oxygen atoms in total. The predicted molar refractivity (Wildman–Crippen MR) is 99.8 cm³/mol. The average molecular weight is 344 g/mol. The smallest absolute Gasteiger partial charge is 0.391 e. The minimum Gasteiger partial charge on any atom is -0.391 e. The molecular weight excluding hydrogens is 328 g/mol. The average Bonchev–Trinajstić information content (AvgIpc) is 3.13. The van der Waals surface area contributed by atoms with Gasteiger partial charge in [-0.2, -0.15) is 0 Å². The van der Waals surface area contributed by atoms with Crippen LogP contribution in [0.5, 0.6) is 5.88 Å². The molecule has 0 spiro atoms. The van der Waals surface area contributed by atoms with Gasteiger partial charge in [-0.25, -0.2) is 9.78 Å². The lowest BCUT2D eigenvalue weighted by molar-refractivity contribution is 0.201. The van der Waals surface area contributed by atoms with Crippen LogP contribution in [0, 0.1) is 0 Å². The van der Waals surface area contributed by atoms with E-state index >= 15 is 0 Å². The number of amides is 1. The van der Waals surface area contributed by atoms with E-state index in [0.29, 0.717) is 0 Å². The number of nitrogens with one attached hydrogen (secondary N) is 2. The Balaban J connectivity index is 1.56. The van der Waals surface area contributed by atoms with Crippen LogP contribution in [0.15, 0.2) is 67.1 Å². The maximum atomic E-state index is 11.2. The fourth-order valence-corrected chi connectivity index (χ4v) is 2.73. The first kappa shape index (κ1) is 15.8. The lowest BCUT2D eigenvalue weighted by Gasteiger charge is -2.05. The van der Waals surface area contributed by atoms with E-state index in [4.69, 9.17) is 4.74 Å². The van der Waals surface area contributed by atoms with Gasteiger partial charge in [0.1, 0.15) is 0 Å². The van der Waals surface area contributed by atoms with Gasteiger partial charge in [0.2, 0.25) is 5.88 Å². The normalized spacial score (nSPS) is 10.7. The van der Waals surface area contributed by atoms with Gasteiger partial charge in [-0.05, 0) is 29.3 Å². The number of carbonyl (C=O) groups is 1. The van der Waals surface area contributed by atoms with Crippen LogP contribution >= 0.6 is 0 Å². The molecule has 0 atom stereocenters. The van der Waals surface area contributed by atoms with Crippen LogP contribution < -0.4 is 10.1 Å². The van der Waals surface area contributed by atoms with Gasteiger partial charge in [-0.3, -0.25) is 4.98 Å². The third kappa shape index (κ3) is 3.12. The highest BCUT2D eigenvalue weighted by Gasteiger charge is 2.06. The molecule has 4 aromatic rings. The third-order valence-corrected chi connectivity index (χ3v) is 4.09. The first-order valence-corrected chi connectivity index (χ1v) is 8.12. The molecule has 0 aliphatic rings. The molecule has 1 amide bonds. The van der Waals surface area contributed by atoms with Gasteiger partial charge in [0.05, 0.1) is 0 Å². The van der Waals surface area contributed by atoms with E-state index in [0.717, 1.165) is 33.3 Å². The van der Waals surface area contributed by atoms with Gasteiger partial charge >= 0.3 is 6.09 Å². The van der Waals surface area contributed by atoms with Gasteiger partial charge in [-0.1, -0.05) is 24.3 Å². The summed E-state index contributed by atoms with van der Waals surface area (Å²) in [6.07, 6.45) is 4.76. The predicted octanol–water partition coefficient (Wildman–Crippen LogP) is 4.01. The van der Waals surface area contributed by atoms with E-state index in [1.807, 2.05) is 30.5 Å². The molecule has 0 unspecified atom stereocenters. The maximum absolute atomic E-state index is 11.2. The SMILES string of the molecule is CNC(=O)Oc1ccc(-c2ccc(-c3cc4cnccc4[nH]3)cc2)cn1. The number of H-pyrrole nitrogens is 1. The van der Waals surface area contributed by atoms with Crippen LogP contribution in [-0.2, 0) is 0 Å². The largest absolute Gasteiger partial charge is 0.413 e. The summed E-state index contributed by atoms with van der Waals surface area (Å²) in [5, 5.41) is 3.47. The zero-order valence-corrected chi connectivity index (χ0v) is 14.1. The van der Waals surface area contributed by atoms with E-state index in [-0.39, 0.29) is 5.88 Å². The highest BCUT2D eigenvalue weighted by atomic mass is 16.6. The molecule has 0 saturated heterocycles. The van der Waals surface area contributed by atoms with Crippen molar-refractivity contribution >= 4 is 17.0 Å². The van der Waals surface area contributed by atoms with Gasteiger partial charge < -0.3 is 15.0 Å². The second kappa shape index (κ2) is 6.68. The zero-order chi connectivity index (χ0) is 17.9. The van der Waals surface area contributed by atoms with E-state index < -0.39 is 6.09 Å². The monoisotopic (exact) mass is 344 g/mol. The van der Waals surface area contributed by atoms with Gasteiger partial charge in [0.15, 0.2) is 0 Å². The van der Waals surface area contributed by atoms with Crippen molar-refractivity contribution in [1.29, 1.82) is 0 Å². The first-order chi connectivity index (χ1) is 12.7. The number of aromatic amines is 1. The number of ether oxygens (including phenoxy) is 1. The van der Waals surface area contributed by atoms with Crippen LogP contribution in [0.25, 0.3) is 33.3 Å². The van der Waals surface area contributed by atoms with Gasteiger partial charge in [0, 0.05) is 53.9 Å². The number of hydrogen-bond donors (Lipinski definition) is 2. The Morgan fingerprint density at radius 3 is 2.46 bits per heavy atom. The highest BCUT2D eigenvalue weighted by molar-refractivity contribution is 5.85. The van der Waals surface area contributed by atoms with Crippen molar-refractivity contribution < 1.29 is 9.53 Å². The molecule has 128 valence electrons. The fraction of sp³-hybridized carbons (Fsp3) is 0.0500. The van der Waals surface area contributed by atoms with E-state index in [1.165, 1.54) is 7.05 Å². The molecule has 0 aliphatic carbocycles. The number of aromatic nitrogens is 3. The molecule has 6 heteroatoms. The number of nitrogens with zero attached hydrogens (tertiary/aromatic N) is 2. The zero-order valence-electron chi connectivity index (χ0n) is 14.1. The van der Waals surface area contributed by atoms with Crippen molar-refractivity contribution in [2.45, 2.75) is 0 Å². The van der Waals surface area contributed by atoms with E-state index in [1.54, 1.807) is 18.5 Å². The molecule has 2 N–H and O–H groups in total. The number of hydrogen-bond acceptors (Lipinski definition) is 4. The molecule has 26 heavy (non-hydrogen) atoms. The summed E-state index contributed by atoms with van der Waals surface area (Å²) in [4.78, 5) is 22.9. The molecule has 1 aromatic carbocycles. The molecule has 0 bridgehead atoms. The summed E-state index contributed by atoms with van der Waals surface area (Å²) in [6, 6.07) is 15.8. The van der Waals surface area contributed by atoms with Crippen LogP contribution in [0.1, 0.15) is 0 Å². The first-order valence-electron chi connectivity index (χ1n) is 8.12. The second-order valence-corrected chi connectivity index (χ2v) is 5.75. The fourth-order valence-electron chi connectivity index (χ4n) is 2.73. The molecular formula is C20H16N4O2. The van der Waals surface area contributed by atoms with E-state index in [2.05, 4.69) is 38.5 Å². The van der Waals surface area contributed by atoms with Crippen molar-refractivity contribution in [2.24, 2.45) is 0 Å². The highest BCUT2D eigenvalue weighted by Crippen LogP contribution is 2.27. The number of pyridine rings is 2. The number of rotatable bonds is 3. The minimum absolute atomic E-state index is 0.261. The van der Waals surface area contributed by atoms with Crippen molar-refractivity contribution in [1.82, 2.24) is 20.3 Å². The van der Waals surface area contributed by atoms with Gasteiger partial charge in [-0.15, -0.1) is 0 Å². The van der Waals surface area contributed by atoms with Crippen LogP contribution in [0.4, 0.5) is 4.79 Å². The Bertz CT molecular complexity index is 1020. The number of benzene rings is 1. The Hall–Kier alpha value is -3.67. The van der Waals surface area contributed by atoms with Crippen LogP contribution in [0.3, 0.4) is 0 Å². The van der Waals surface area contributed by atoms with E-state index in [9.17, 15) is 4.79 Å². The van der Waals surface area contributed by atoms with Crippen molar-refractivity contribution in [3.63, 3.8) is 0 Å². The third-order valence-electron chi connectivity index (χ3n) is 4.09. The molecule has 0 aliphatic heterocycles. The van der Waals surface area contributed by atoms with Crippen molar-refractivity contribution in [3.8, 4) is 28.3 Å². The summed E-state index contributed by atoms with van der Waals surface area (Å²) < 4.78 is 4.99. The van der Waals surface area contributed by atoms with Crippen LogP contribution in [-0.4, -0.2) is 28.1 Å². The Labute approximate surface area is 149 Å². The van der Waals surface area contributed by atoms with Crippen molar-refractivity contribution in [2.75, 3.05) is 7.05 Å². The Morgan fingerprint density at radius 1 is 1.00 bits per heavy atom.